The number of carbonyl (C=O) groups is 1. The normalized spacial score (nSPS) is 20.3. The Kier molecular flexibility index (Phi) is 2.39. The highest BCUT2D eigenvalue weighted by molar-refractivity contribution is 6.19. The molecule has 12 heavy (non-hydrogen) atoms. The van der Waals surface area contributed by atoms with Crippen LogP contribution in [0.4, 0.5) is 0 Å². The lowest BCUT2D eigenvalue weighted by Gasteiger charge is -2.23. The van der Waals surface area contributed by atoms with Gasteiger partial charge in [-0.25, -0.2) is 0 Å². The average molecular weight is 190 g/mol. The van der Waals surface area contributed by atoms with E-state index in [9.17, 15) is 4.79 Å². The fourth-order valence-electron chi connectivity index (χ4n) is 0.816. The van der Waals surface area contributed by atoms with Gasteiger partial charge >= 0.3 is 0 Å². The van der Waals surface area contributed by atoms with Crippen LogP contribution in [0.2, 0.25) is 0 Å². The molecule has 1 aliphatic carbocycles. The summed E-state index contributed by atoms with van der Waals surface area (Å²) in [4.78, 5) is 11.6. The predicted octanol–water partition coefficient (Wildman–Crippen LogP) is 1.92. The van der Waals surface area contributed by atoms with E-state index in [1.54, 1.807) is 0 Å². The van der Waals surface area contributed by atoms with E-state index >= 15 is 0 Å². The third kappa shape index (κ3) is 2.13. The van der Waals surface area contributed by atoms with Crippen molar-refractivity contribution in [2.24, 2.45) is 5.41 Å². The second-order valence-corrected chi connectivity index (χ2v) is 4.80. The van der Waals surface area contributed by atoms with Crippen LogP contribution in [0.3, 0.4) is 0 Å². The van der Waals surface area contributed by atoms with Gasteiger partial charge in [-0.15, -0.1) is 11.6 Å². The van der Waals surface area contributed by atoms with E-state index in [-0.39, 0.29) is 11.4 Å². The zero-order valence-corrected chi connectivity index (χ0v) is 8.66. The number of amides is 1. The average Bonchev–Trinajstić information content (AvgIpc) is 2.68. The Morgan fingerprint density at radius 2 is 2.08 bits per heavy atom. The van der Waals surface area contributed by atoms with Gasteiger partial charge in [-0.2, -0.15) is 0 Å². The van der Waals surface area contributed by atoms with Gasteiger partial charge in [0, 0.05) is 11.4 Å². The van der Waals surface area contributed by atoms with Crippen LogP contribution in [0, 0.1) is 5.41 Å². The quantitative estimate of drug-likeness (QED) is 0.676. The summed E-state index contributed by atoms with van der Waals surface area (Å²) in [5, 5.41) is 3.00. The second kappa shape index (κ2) is 2.91. The molecule has 0 aromatic rings. The van der Waals surface area contributed by atoms with Crippen molar-refractivity contribution in [2.75, 3.05) is 5.88 Å². The molecule has 0 aliphatic heterocycles. The Morgan fingerprint density at radius 1 is 1.58 bits per heavy atom. The SMILES string of the molecule is CC1(NC(=O)C(C)(C)CCl)CC1. The fraction of sp³-hybridized carbons (Fsp3) is 0.889. The topological polar surface area (TPSA) is 29.1 Å². The molecule has 1 N–H and O–H groups in total. The zero-order valence-electron chi connectivity index (χ0n) is 7.91. The van der Waals surface area contributed by atoms with Crippen LogP contribution in [-0.2, 0) is 4.79 Å². The van der Waals surface area contributed by atoms with Crippen LogP contribution >= 0.6 is 11.6 Å². The molecule has 1 amide bonds. The highest BCUT2D eigenvalue weighted by Crippen LogP contribution is 2.35. The molecule has 0 unspecified atom stereocenters. The monoisotopic (exact) mass is 189 g/mol. The summed E-state index contributed by atoms with van der Waals surface area (Å²) in [6.07, 6.45) is 2.19. The number of hydrogen-bond acceptors (Lipinski definition) is 1. The highest BCUT2D eigenvalue weighted by Gasteiger charge is 2.41. The van der Waals surface area contributed by atoms with E-state index in [1.807, 2.05) is 13.8 Å². The molecule has 1 rings (SSSR count). The number of nitrogens with one attached hydrogen (secondary N) is 1. The summed E-state index contributed by atoms with van der Waals surface area (Å²) in [6, 6.07) is 0. The summed E-state index contributed by atoms with van der Waals surface area (Å²) < 4.78 is 0. The Balaban J connectivity index is 2.47. The van der Waals surface area contributed by atoms with Crippen molar-refractivity contribution < 1.29 is 4.79 Å². The fourth-order valence-corrected chi connectivity index (χ4v) is 0.938. The van der Waals surface area contributed by atoms with Crippen LogP contribution in [0.1, 0.15) is 33.6 Å². The van der Waals surface area contributed by atoms with Crippen LogP contribution in [-0.4, -0.2) is 17.3 Å². The lowest BCUT2D eigenvalue weighted by Crippen LogP contribution is -2.43. The molecule has 0 atom stereocenters. The summed E-state index contributed by atoms with van der Waals surface area (Å²) in [6.45, 7) is 5.79. The van der Waals surface area contributed by atoms with Crippen molar-refractivity contribution in [1.82, 2.24) is 5.32 Å². The lowest BCUT2D eigenvalue weighted by atomic mass is 9.95. The number of halogens is 1. The zero-order chi connectivity index (χ0) is 9.41. The third-order valence-corrected chi connectivity index (χ3v) is 3.03. The van der Waals surface area contributed by atoms with Crippen LogP contribution in [0.5, 0.6) is 0 Å². The maximum atomic E-state index is 11.6. The van der Waals surface area contributed by atoms with Crippen LogP contribution in [0.25, 0.3) is 0 Å². The van der Waals surface area contributed by atoms with E-state index in [0.29, 0.717) is 5.88 Å². The molecule has 1 aliphatic rings. The van der Waals surface area contributed by atoms with Crippen molar-refractivity contribution in [3.8, 4) is 0 Å². The van der Waals surface area contributed by atoms with E-state index in [4.69, 9.17) is 11.6 Å². The Hall–Kier alpha value is -0.240. The number of alkyl halides is 1. The van der Waals surface area contributed by atoms with E-state index in [2.05, 4.69) is 12.2 Å². The van der Waals surface area contributed by atoms with Gasteiger partial charge in [-0.3, -0.25) is 4.79 Å². The summed E-state index contributed by atoms with van der Waals surface area (Å²) >= 11 is 5.68. The van der Waals surface area contributed by atoms with Gasteiger partial charge in [0.15, 0.2) is 0 Å². The van der Waals surface area contributed by atoms with Gasteiger partial charge in [0.05, 0.1) is 5.41 Å². The molecule has 1 fully saturated rings. The molecule has 1 saturated carbocycles. The first-order valence-electron chi connectivity index (χ1n) is 4.28. The Bertz CT molecular complexity index is 197. The Labute approximate surface area is 78.7 Å². The molecule has 0 aromatic carbocycles. The molecular formula is C9H16ClNO. The van der Waals surface area contributed by atoms with Gasteiger partial charge < -0.3 is 5.32 Å². The maximum Gasteiger partial charge on any atom is 0.227 e. The van der Waals surface area contributed by atoms with Gasteiger partial charge in [-0.05, 0) is 33.6 Å². The maximum absolute atomic E-state index is 11.6. The molecule has 0 bridgehead atoms. The Morgan fingerprint density at radius 3 is 2.42 bits per heavy atom. The second-order valence-electron chi connectivity index (χ2n) is 4.53. The van der Waals surface area contributed by atoms with Crippen LogP contribution in [0.15, 0.2) is 0 Å². The van der Waals surface area contributed by atoms with Crippen molar-refractivity contribution >= 4 is 17.5 Å². The summed E-state index contributed by atoms with van der Waals surface area (Å²) in [7, 11) is 0. The molecule has 0 radical (unpaired) electrons. The van der Waals surface area contributed by atoms with Gasteiger partial charge in [0.2, 0.25) is 5.91 Å². The van der Waals surface area contributed by atoms with Crippen molar-refractivity contribution in [2.45, 2.75) is 39.2 Å². The first kappa shape index (κ1) is 9.85. The molecule has 2 nitrogen and oxygen atoms in total. The van der Waals surface area contributed by atoms with Crippen LogP contribution < -0.4 is 5.32 Å². The first-order valence-corrected chi connectivity index (χ1v) is 4.82. The molecule has 0 spiro atoms. The predicted molar refractivity (Wildman–Crippen MR) is 50.3 cm³/mol. The van der Waals surface area contributed by atoms with E-state index < -0.39 is 5.41 Å². The van der Waals surface area contributed by atoms with Crippen molar-refractivity contribution in [3.63, 3.8) is 0 Å². The molecule has 70 valence electrons. The van der Waals surface area contributed by atoms with Gasteiger partial charge in [0.1, 0.15) is 0 Å². The van der Waals surface area contributed by atoms with Gasteiger partial charge in [-0.1, -0.05) is 0 Å². The molecule has 0 saturated heterocycles. The standard InChI is InChI=1S/C9H16ClNO/c1-8(2,6-10)7(12)11-9(3)4-5-9/h4-6H2,1-3H3,(H,11,12). The van der Waals surface area contributed by atoms with Gasteiger partial charge in [0.25, 0.3) is 0 Å². The van der Waals surface area contributed by atoms with E-state index in [0.717, 1.165) is 12.8 Å². The third-order valence-electron chi connectivity index (χ3n) is 2.36. The molecule has 0 aromatic heterocycles. The number of hydrogen-bond donors (Lipinski definition) is 1. The largest absolute Gasteiger partial charge is 0.350 e. The minimum Gasteiger partial charge on any atom is -0.350 e. The van der Waals surface area contributed by atoms with Crippen molar-refractivity contribution in [1.29, 1.82) is 0 Å². The molecule has 3 heteroatoms. The minimum atomic E-state index is -0.437. The smallest absolute Gasteiger partial charge is 0.227 e. The first-order chi connectivity index (χ1) is 5.40. The van der Waals surface area contributed by atoms with E-state index in [1.165, 1.54) is 0 Å². The number of rotatable bonds is 3. The lowest BCUT2D eigenvalue weighted by molar-refractivity contribution is -0.129. The van der Waals surface area contributed by atoms with Crippen molar-refractivity contribution in [3.05, 3.63) is 0 Å². The molecule has 0 heterocycles. The summed E-state index contributed by atoms with van der Waals surface area (Å²) in [5.74, 6) is 0.437. The molecular weight excluding hydrogens is 174 g/mol. The highest BCUT2D eigenvalue weighted by atomic mass is 35.5. The summed E-state index contributed by atoms with van der Waals surface area (Å²) in [5.41, 5.74) is -0.367. The number of carbonyl (C=O) groups excluding carboxylic acids is 1. The minimum absolute atomic E-state index is 0.0671.